The van der Waals surface area contributed by atoms with Crippen molar-refractivity contribution in [1.29, 1.82) is 0 Å². The molecule has 0 aromatic carbocycles. The Labute approximate surface area is 70.0 Å². The van der Waals surface area contributed by atoms with Gasteiger partial charge in [0.05, 0.1) is 22.0 Å². The Hall–Kier alpha value is 0.159. The Morgan fingerprint density at radius 1 is 1.00 bits per heavy atom. The molecule has 0 aromatic rings. The van der Waals surface area contributed by atoms with Crippen molar-refractivity contribution in [3.63, 3.8) is 0 Å². The second-order valence-corrected chi connectivity index (χ2v) is 2.50. The van der Waals surface area contributed by atoms with Crippen LogP contribution in [-0.2, 0) is 17.1 Å². The Kier molecular flexibility index (Phi) is 4.12. The molecular weight excluding hydrogens is 212 g/mol. The average Bonchev–Trinajstić information content (AvgIpc) is 1.77. The molecule has 1 rings (SSSR count). The van der Waals surface area contributed by atoms with Gasteiger partial charge in [-0.05, 0) is 0 Å². The zero-order valence-electron chi connectivity index (χ0n) is 3.83. The summed E-state index contributed by atoms with van der Waals surface area (Å²) in [5, 5.41) is 20.3. The van der Waals surface area contributed by atoms with Gasteiger partial charge in [0.1, 0.15) is 0 Å². The molecule has 0 fully saturated rings. The summed E-state index contributed by atoms with van der Waals surface area (Å²) < 4.78 is 6.42. The van der Waals surface area contributed by atoms with Crippen molar-refractivity contribution in [2.24, 2.45) is 8.80 Å². The van der Waals surface area contributed by atoms with E-state index in [4.69, 9.17) is 0 Å². The third-order valence-corrected chi connectivity index (χ3v) is 1.65. The summed E-state index contributed by atoms with van der Waals surface area (Å²) in [7, 11) is 1.82. The topological polar surface area (TPSA) is 70.8 Å². The van der Waals surface area contributed by atoms with Crippen LogP contribution in [-0.4, -0.2) is 11.8 Å². The standard InChI is InChI=1S/C2H2N2O2S2.Cu/c5-1-2(6)4-8-7-3-1;/h(H,3,5)(H,4,6);/q;+2/p-2. The van der Waals surface area contributed by atoms with E-state index in [9.17, 15) is 10.2 Å². The van der Waals surface area contributed by atoms with Gasteiger partial charge in [0.25, 0.3) is 0 Å². The van der Waals surface area contributed by atoms with Gasteiger partial charge in [-0.1, -0.05) is 0 Å². The number of nitrogens with zero attached hydrogens (tertiary/aromatic N) is 2. The average molecular weight is 212 g/mol. The van der Waals surface area contributed by atoms with Crippen molar-refractivity contribution < 1.29 is 27.3 Å². The maximum absolute atomic E-state index is 10.1. The summed E-state index contributed by atoms with van der Waals surface area (Å²) in [6, 6.07) is 0. The summed E-state index contributed by atoms with van der Waals surface area (Å²) in [5.74, 6) is -1.54. The number of hydrogen-bond donors (Lipinski definition) is 0. The van der Waals surface area contributed by atoms with Crippen molar-refractivity contribution in [3.8, 4) is 0 Å². The van der Waals surface area contributed by atoms with E-state index in [0.717, 1.165) is 22.0 Å². The largest absolute Gasteiger partial charge is 2.00 e. The summed E-state index contributed by atoms with van der Waals surface area (Å²) in [4.78, 5) is 0. The van der Waals surface area contributed by atoms with E-state index in [-0.39, 0.29) is 17.1 Å². The third kappa shape index (κ3) is 2.49. The molecule has 0 unspecified atom stereocenters. The van der Waals surface area contributed by atoms with E-state index in [1.54, 1.807) is 0 Å². The fourth-order valence-electron chi connectivity index (χ4n) is 0.179. The van der Waals surface area contributed by atoms with Crippen LogP contribution in [0, 0.1) is 0 Å². The molecular formula is C2CuN2O2S2. The van der Waals surface area contributed by atoms with Crippen LogP contribution in [0.5, 0.6) is 0 Å². The molecule has 1 aliphatic rings. The van der Waals surface area contributed by atoms with E-state index in [1.807, 2.05) is 0 Å². The molecule has 0 bridgehead atoms. The van der Waals surface area contributed by atoms with Crippen LogP contribution in [0.1, 0.15) is 0 Å². The molecule has 53 valence electrons. The summed E-state index contributed by atoms with van der Waals surface area (Å²) in [6.07, 6.45) is 0. The van der Waals surface area contributed by atoms with Gasteiger partial charge >= 0.3 is 17.1 Å². The van der Waals surface area contributed by atoms with Crippen LogP contribution >= 0.6 is 22.0 Å². The minimum absolute atomic E-state index is 0. The third-order valence-electron chi connectivity index (χ3n) is 0.457. The number of rotatable bonds is 0. The van der Waals surface area contributed by atoms with Crippen LogP contribution in [0.3, 0.4) is 0 Å². The molecule has 0 N–H and O–H groups in total. The van der Waals surface area contributed by atoms with E-state index in [0.29, 0.717) is 0 Å². The van der Waals surface area contributed by atoms with Crippen molar-refractivity contribution in [2.45, 2.75) is 0 Å². The first-order chi connectivity index (χ1) is 3.80. The van der Waals surface area contributed by atoms with Crippen LogP contribution < -0.4 is 10.2 Å². The Morgan fingerprint density at radius 2 is 1.33 bits per heavy atom. The van der Waals surface area contributed by atoms with Crippen molar-refractivity contribution in [2.75, 3.05) is 0 Å². The van der Waals surface area contributed by atoms with Gasteiger partial charge in [0.2, 0.25) is 0 Å². The molecule has 0 aromatic heterocycles. The molecule has 1 heterocycles. The zero-order valence-corrected chi connectivity index (χ0v) is 6.40. The summed E-state index contributed by atoms with van der Waals surface area (Å²) in [6.45, 7) is 0. The van der Waals surface area contributed by atoms with Crippen molar-refractivity contribution in [1.82, 2.24) is 0 Å². The van der Waals surface area contributed by atoms with E-state index in [2.05, 4.69) is 8.80 Å². The van der Waals surface area contributed by atoms with Crippen LogP contribution in [0.2, 0.25) is 0 Å². The molecule has 1 aliphatic heterocycles. The SMILES string of the molecule is [Cu+2].[O-]C1=NSSN=C1[O-]. The Morgan fingerprint density at radius 3 is 1.56 bits per heavy atom. The molecule has 1 radical (unpaired) electrons. The smallest absolute Gasteiger partial charge is 0.857 e. The number of hydrogen-bond acceptors (Lipinski definition) is 6. The van der Waals surface area contributed by atoms with Gasteiger partial charge in [-0.25, -0.2) is 8.80 Å². The Bertz CT molecular complexity index is 141. The van der Waals surface area contributed by atoms with Gasteiger partial charge in [0.15, 0.2) is 0 Å². The normalized spacial score (nSPS) is 17.3. The maximum atomic E-state index is 10.1. The first kappa shape index (κ1) is 9.16. The predicted molar refractivity (Wildman–Crippen MR) is 30.1 cm³/mol. The first-order valence-electron chi connectivity index (χ1n) is 1.64. The first-order valence-corrected chi connectivity index (χ1v) is 3.70. The molecule has 0 atom stereocenters. The van der Waals surface area contributed by atoms with Crippen LogP contribution in [0.15, 0.2) is 8.80 Å². The van der Waals surface area contributed by atoms with Gasteiger partial charge in [0, 0.05) is 11.8 Å². The minimum Gasteiger partial charge on any atom is -0.857 e. The molecule has 0 saturated heterocycles. The molecule has 0 aliphatic carbocycles. The fourth-order valence-corrected chi connectivity index (χ4v) is 1.14. The predicted octanol–water partition coefficient (Wildman–Crippen LogP) is -1.27. The second kappa shape index (κ2) is 4.05. The van der Waals surface area contributed by atoms with Gasteiger partial charge in [-0.3, -0.25) is 0 Å². The van der Waals surface area contributed by atoms with Crippen LogP contribution in [0.25, 0.3) is 0 Å². The van der Waals surface area contributed by atoms with Crippen LogP contribution in [0.4, 0.5) is 0 Å². The molecule has 7 heteroatoms. The second-order valence-electron chi connectivity index (χ2n) is 0.942. The molecule has 4 nitrogen and oxygen atoms in total. The van der Waals surface area contributed by atoms with Crippen molar-refractivity contribution >= 4 is 33.8 Å². The Balaban J connectivity index is 0.000000640. The monoisotopic (exact) mass is 211 g/mol. The van der Waals surface area contributed by atoms with Crippen molar-refractivity contribution in [3.05, 3.63) is 0 Å². The van der Waals surface area contributed by atoms with E-state index >= 15 is 0 Å². The summed E-state index contributed by atoms with van der Waals surface area (Å²) in [5.41, 5.74) is 0. The summed E-state index contributed by atoms with van der Waals surface area (Å²) >= 11 is 0. The molecule has 0 saturated carbocycles. The van der Waals surface area contributed by atoms with E-state index in [1.165, 1.54) is 0 Å². The maximum Gasteiger partial charge on any atom is 2.00 e. The molecule has 0 spiro atoms. The molecule has 9 heavy (non-hydrogen) atoms. The quantitative estimate of drug-likeness (QED) is 0.285. The minimum atomic E-state index is -0.770. The molecule has 0 amide bonds. The van der Waals surface area contributed by atoms with Gasteiger partial charge in [-0.2, -0.15) is 0 Å². The van der Waals surface area contributed by atoms with E-state index < -0.39 is 11.8 Å². The van der Waals surface area contributed by atoms with Gasteiger partial charge in [-0.15, -0.1) is 0 Å². The zero-order chi connectivity index (χ0) is 5.98. The van der Waals surface area contributed by atoms with Gasteiger partial charge < -0.3 is 10.2 Å². The fraction of sp³-hybridized carbons (Fsp3) is 0.